The SMILES string of the molecule is C=C(CC1=C(C)CC(C(C)C)C1)OC(=O)C(C)(C)C. The van der Waals surface area contributed by atoms with E-state index in [0.717, 1.165) is 12.3 Å². The van der Waals surface area contributed by atoms with E-state index in [1.54, 1.807) is 0 Å². The quantitative estimate of drug-likeness (QED) is 0.411. The first-order valence-electron chi connectivity index (χ1n) is 7.18. The Hall–Kier alpha value is -1.05. The first-order valence-corrected chi connectivity index (χ1v) is 7.18. The number of rotatable bonds is 4. The maximum Gasteiger partial charge on any atom is 0.316 e. The number of ether oxygens (including phenoxy) is 1. The third-order valence-corrected chi connectivity index (χ3v) is 3.88. The van der Waals surface area contributed by atoms with Gasteiger partial charge in [-0.1, -0.05) is 31.6 Å². The molecule has 1 unspecified atom stereocenters. The molecule has 0 fully saturated rings. The van der Waals surface area contributed by atoms with E-state index < -0.39 is 5.41 Å². The fourth-order valence-electron chi connectivity index (χ4n) is 2.35. The van der Waals surface area contributed by atoms with Crippen molar-refractivity contribution in [2.45, 2.75) is 60.8 Å². The minimum Gasteiger partial charge on any atom is -0.431 e. The zero-order chi connectivity index (χ0) is 14.8. The Balaban J connectivity index is 2.55. The summed E-state index contributed by atoms with van der Waals surface area (Å²) in [6.45, 7) is 16.2. The highest BCUT2D eigenvalue weighted by molar-refractivity contribution is 5.76. The van der Waals surface area contributed by atoms with Gasteiger partial charge in [0.1, 0.15) is 5.76 Å². The molecule has 1 rings (SSSR count). The maximum atomic E-state index is 11.8. The van der Waals surface area contributed by atoms with Crippen LogP contribution in [-0.4, -0.2) is 5.97 Å². The lowest BCUT2D eigenvalue weighted by molar-refractivity contribution is -0.148. The third-order valence-electron chi connectivity index (χ3n) is 3.88. The van der Waals surface area contributed by atoms with E-state index in [2.05, 4.69) is 27.4 Å². The average molecular weight is 264 g/mol. The molecule has 0 aromatic carbocycles. The van der Waals surface area contributed by atoms with Crippen LogP contribution in [0.2, 0.25) is 0 Å². The topological polar surface area (TPSA) is 26.3 Å². The Morgan fingerprint density at radius 3 is 2.37 bits per heavy atom. The van der Waals surface area contributed by atoms with Gasteiger partial charge >= 0.3 is 5.97 Å². The standard InChI is InChI=1S/C17H28O2/c1-11(2)14-8-12(3)15(10-14)9-13(4)19-16(18)17(5,6)7/h11,14H,4,8-10H2,1-3,5-7H3. The molecule has 2 nitrogen and oxygen atoms in total. The molecule has 0 saturated heterocycles. The van der Waals surface area contributed by atoms with Crippen LogP contribution in [0.15, 0.2) is 23.5 Å². The molecule has 19 heavy (non-hydrogen) atoms. The maximum absolute atomic E-state index is 11.8. The zero-order valence-electron chi connectivity index (χ0n) is 13.3. The van der Waals surface area contributed by atoms with Crippen molar-refractivity contribution < 1.29 is 9.53 Å². The van der Waals surface area contributed by atoms with Crippen LogP contribution in [-0.2, 0) is 9.53 Å². The molecule has 0 aliphatic heterocycles. The van der Waals surface area contributed by atoms with Crippen molar-refractivity contribution in [1.82, 2.24) is 0 Å². The first kappa shape index (κ1) is 16.0. The molecule has 0 radical (unpaired) electrons. The van der Waals surface area contributed by atoms with Gasteiger partial charge in [-0.25, -0.2) is 0 Å². The van der Waals surface area contributed by atoms with Gasteiger partial charge in [0.2, 0.25) is 0 Å². The van der Waals surface area contributed by atoms with Gasteiger partial charge in [-0.15, -0.1) is 0 Å². The highest BCUT2D eigenvalue weighted by Crippen LogP contribution is 2.38. The second-order valence-electron chi connectivity index (χ2n) is 7.15. The molecule has 0 N–H and O–H groups in total. The third kappa shape index (κ3) is 4.52. The van der Waals surface area contributed by atoms with Crippen molar-refractivity contribution >= 4 is 5.97 Å². The number of carbonyl (C=O) groups excluding carboxylic acids is 1. The van der Waals surface area contributed by atoms with Gasteiger partial charge in [-0.05, 0) is 52.4 Å². The van der Waals surface area contributed by atoms with Crippen LogP contribution in [0.1, 0.15) is 60.8 Å². The lowest BCUT2D eigenvalue weighted by Crippen LogP contribution is -2.22. The largest absolute Gasteiger partial charge is 0.431 e. The molecule has 108 valence electrons. The number of hydrogen-bond acceptors (Lipinski definition) is 2. The second kappa shape index (κ2) is 5.94. The summed E-state index contributed by atoms with van der Waals surface area (Å²) in [5.74, 6) is 1.83. The molecule has 0 amide bonds. The Kier molecular flexibility index (Phi) is 5.00. The molecule has 0 heterocycles. The van der Waals surface area contributed by atoms with Crippen LogP contribution in [0, 0.1) is 17.3 Å². The van der Waals surface area contributed by atoms with E-state index in [1.165, 1.54) is 17.6 Å². The number of carbonyl (C=O) groups is 1. The van der Waals surface area contributed by atoms with Crippen molar-refractivity contribution in [3.05, 3.63) is 23.5 Å². The van der Waals surface area contributed by atoms with Gasteiger partial charge in [0, 0.05) is 6.42 Å². The number of esters is 1. The predicted octanol–water partition coefficient (Wildman–Crippen LogP) is 4.86. The highest BCUT2D eigenvalue weighted by atomic mass is 16.5. The monoisotopic (exact) mass is 264 g/mol. The van der Waals surface area contributed by atoms with Crippen LogP contribution < -0.4 is 0 Å². The van der Waals surface area contributed by atoms with Crippen molar-refractivity contribution in [3.63, 3.8) is 0 Å². The zero-order valence-corrected chi connectivity index (χ0v) is 13.3. The number of hydrogen-bond donors (Lipinski definition) is 0. The molecule has 1 aliphatic carbocycles. The Morgan fingerprint density at radius 1 is 1.37 bits per heavy atom. The van der Waals surface area contributed by atoms with Crippen molar-refractivity contribution in [1.29, 1.82) is 0 Å². The van der Waals surface area contributed by atoms with E-state index >= 15 is 0 Å². The minimum atomic E-state index is -0.470. The first-order chi connectivity index (χ1) is 8.61. The molecular formula is C17H28O2. The number of allylic oxidation sites excluding steroid dienone is 2. The molecule has 0 aromatic heterocycles. The van der Waals surface area contributed by atoms with Gasteiger partial charge in [0.15, 0.2) is 0 Å². The summed E-state index contributed by atoms with van der Waals surface area (Å²) in [5.41, 5.74) is 2.39. The van der Waals surface area contributed by atoms with Gasteiger partial charge < -0.3 is 4.74 Å². The average Bonchev–Trinajstić information content (AvgIpc) is 2.59. The van der Waals surface area contributed by atoms with Gasteiger partial charge in [-0.3, -0.25) is 4.79 Å². The normalized spacial score (nSPS) is 20.1. The van der Waals surface area contributed by atoms with Crippen LogP contribution in [0.4, 0.5) is 0 Å². The summed E-state index contributed by atoms with van der Waals surface area (Å²) >= 11 is 0. The molecule has 2 heteroatoms. The summed E-state index contributed by atoms with van der Waals surface area (Å²) in [6.07, 6.45) is 3.00. The molecular weight excluding hydrogens is 236 g/mol. The van der Waals surface area contributed by atoms with Crippen LogP contribution in [0.3, 0.4) is 0 Å². The van der Waals surface area contributed by atoms with Gasteiger partial charge in [-0.2, -0.15) is 0 Å². The van der Waals surface area contributed by atoms with Crippen LogP contribution in [0.25, 0.3) is 0 Å². The summed E-state index contributed by atoms with van der Waals surface area (Å²) in [5, 5.41) is 0. The second-order valence-corrected chi connectivity index (χ2v) is 7.15. The van der Waals surface area contributed by atoms with Gasteiger partial charge in [0.05, 0.1) is 5.41 Å². The van der Waals surface area contributed by atoms with E-state index in [0.29, 0.717) is 18.1 Å². The van der Waals surface area contributed by atoms with E-state index in [9.17, 15) is 4.79 Å². The minimum absolute atomic E-state index is 0.200. The van der Waals surface area contributed by atoms with Crippen molar-refractivity contribution in [3.8, 4) is 0 Å². The van der Waals surface area contributed by atoms with E-state index in [4.69, 9.17) is 4.74 Å². The molecule has 0 spiro atoms. The lowest BCUT2D eigenvalue weighted by Gasteiger charge is -2.18. The molecule has 0 aromatic rings. The summed E-state index contributed by atoms with van der Waals surface area (Å²) in [7, 11) is 0. The highest BCUT2D eigenvalue weighted by Gasteiger charge is 2.27. The van der Waals surface area contributed by atoms with Gasteiger partial charge in [0.25, 0.3) is 0 Å². The Labute approximate surface area is 117 Å². The molecule has 0 saturated carbocycles. The Bertz CT molecular complexity index is 394. The van der Waals surface area contributed by atoms with Crippen molar-refractivity contribution in [2.75, 3.05) is 0 Å². The Morgan fingerprint density at radius 2 is 1.95 bits per heavy atom. The lowest BCUT2D eigenvalue weighted by atomic mass is 9.92. The molecule has 0 bridgehead atoms. The fourth-order valence-corrected chi connectivity index (χ4v) is 2.35. The van der Waals surface area contributed by atoms with Crippen molar-refractivity contribution in [2.24, 2.45) is 17.3 Å². The predicted molar refractivity (Wildman–Crippen MR) is 79.6 cm³/mol. The van der Waals surface area contributed by atoms with Crippen LogP contribution in [0.5, 0.6) is 0 Å². The summed E-state index contributed by atoms with van der Waals surface area (Å²) in [4.78, 5) is 11.8. The van der Waals surface area contributed by atoms with Crippen LogP contribution >= 0.6 is 0 Å². The fraction of sp³-hybridized carbons (Fsp3) is 0.706. The molecule has 1 atom stereocenters. The smallest absolute Gasteiger partial charge is 0.316 e. The van der Waals surface area contributed by atoms with E-state index in [-0.39, 0.29) is 5.97 Å². The summed E-state index contributed by atoms with van der Waals surface area (Å²) < 4.78 is 5.35. The van der Waals surface area contributed by atoms with E-state index in [1.807, 2.05) is 20.8 Å². The molecule has 1 aliphatic rings. The summed E-state index contributed by atoms with van der Waals surface area (Å²) in [6, 6.07) is 0.